The lowest BCUT2D eigenvalue weighted by Crippen LogP contribution is -2.32. The van der Waals surface area contributed by atoms with Gasteiger partial charge < -0.3 is 15.9 Å². The molecular formula is C8H16N2O2. The van der Waals surface area contributed by atoms with Crippen LogP contribution in [-0.2, 0) is 0 Å². The van der Waals surface area contributed by atoms with E-state index < -0.39 is 0 Å². The van der Waals surface area contributed by atoms with Crippen molar-refractivity contribution < 1.29 is 10.2 Å². The lowest BCUT2D eigenvalue weighted by Gasteiger charge is -2.19. The molecule has 1 saturated heterocycles. The molecule has 0 spiro atoms. The quantitative estimate of drug-likeness (QED) is 0.504. The van der Waals surface area contributed by atoms with Crippen molar-refractivity contribution in [1.82, 2.24) is 4.90 Å². The van der Waals surface area contributed by atoms with Gasteiger partial charge in [0.05, 0.1) is 12.7 Å². The number of aliphatic hydroxyl groups is 2. The second-order valence-electron chi connectivity index (χ2n) is 3.11. The van der Waals surface area contributed by atoms with Gasteiger partial charge in [0, 0.05) is 19.1 Å². The van der Waals surface area contributed by atoms with Crippen molar-refractivity contribution in [1.29, 1.82) is 0 Å². The minimum atomic E-state index is -0.298. The first-order valence-electron chi connectivity index (χ1n) is 4.17. The first-order chi connectivity index (χ1) is 5.77. The van der Waals surface area contributed by atoms with E-state index in [0.717, 1.165) is 0 Å². The normalized spacial score (nSPS) is 31.8. The van der Waals surface area contributed by atoms with E-state index in [2.05, 4.69) is 0 Å². The van der Waals surface area contributed by atoms with Crippen molar-refractivity contribution in [2.45, 2.75) is 18.6 Å². The molecule has 0 saturated carbocycles. The smallest absolute Gasteiger partial charge is 0.0683 e. The molecule has 1 aliphatic heterocycles. The Balaban J connectivity index is 2.40. The number of aliphatic hydroxyl groups excluding tert-OH is 2. The number of rotatable bonds is 3. The monoisotopic (exact) mass is 172 g/mol. The van der Waals surface area contributed by atoms with Gasteiger partial charge in [0.1, 0.15) is 0 Å². The molecule has 0 aliphatic carbocycles. The van der Waals surface area contributed by atoms with Gasteiger partial charge >= 0.3 is 0 Å². The summed E-state index contributed by atoms with van der Waals surface area (Å²) in [6.45, 7) is 1.45. The molecule has 70 valence electrons. The van der Waals surface area contributed by atoms with Gasteiger partial charge in [0.25, 0.3) is 0 Å². The van der Waals surface area contributed by atoms with Crippen molar-refractivity contribution in [3.8, 4) is 0 Å². The van der Waals surface area contributed by atoms with Crippen LogP contribution in [0.1, 0.15) is 6.42 Å². The summed E-state index contributed by atoms with van der Waals surface area (Å²) in [6, 6.07) is 0.0937. The molecule has 1 rings (SSSR count). The van der Waals surface area contributed by atoms with Crippen molar-refractivity contribution in [3.63, 3.8) is 0 Å². The Morgan fingerprint density at radius 2 is 2.33 bits per heavy atom. The minimum Gasteiger partial charge on any atom is -0.405 e. The molecule has 0 aromatic carbocycles. The predicted octanol–water partition coefficient (Wildman–Crippen LogP) is -1.11. The number of likely N-dealkylation sites (tertiary alicyclic amines) is 1. The number of nitrogens with zero attached hydrogens (tertiary/aromatic N) is 1. The molecular weight excluding hydrogens is 156 g/mol. The van der Waals surface area contributed by atoms with Crippen LogP contribution in [0.25, 0.3) is 0 Å². The summed E-state index contributed by atoms with van der Waals surface area (Å²) in [6.07, 6.45) is 3.67. The maximum Gasteiger partial charge on any atom is 0.0683 e. The fraction of sp³-hybridized carbons (Fsp3) is 0.750. The standard InChI is InChI=1S/C8H16N2O2/c9-2-1-3-10-5-8(12)4-7(10)6-11/h1-2,7-8,11-12H,3-6,9H2/t7-,8+/m0/s1. The van der Waals surface area contributed by atoms with Crippen LogP contribution in [0.4, 0.5) is 0 Å². The van der Waals surface area contributed by atoms with E-state index in [1.165, 1.54) is 6.20 Å². The van der Waals surface area contributed by atoms with Crippen molar-refractivity contribution in [3.05, 3.63) is 12.3 Å². The molecule has 0 bridgehead atoms. The Hall–Kier alpha value is -0.580. The van der Waals surface area contributed by atoms with E-state index >= 15 is 0 Å². The highest BCUT2D eigenvalue weighted by molar-refractivity contribution is 4.90. The van der Waals surface area contributed by atoms with Crippen LogP contribution >= 0.6 is 0 Å². The molecule has 2 atom stereocenters. The topological polar surface area (TPSA) is 69.7 Å². The van der Waals surface area contributed by atoms with Crippen molar-refractivity contribution >= 4 is 0 Å². The molecule has 0 radical (unpaired) electrons. The van der Waals surface area contributed by atoms with Gasteiger partial charge in [-0.15, -0.1) is 0 Å². The van der Waals surface area contributed by atoms with Crippen LogP contribution in [0, 0.1) is 0 Å². The Morgan fingerprint density at radius 1 is 1.58 bits per heavy atom. The third-order valence-corrected chi connectivity index (χ3v) is 2.19. The van der Waals surface area contributed by atoms with E-state index in [4.69, 9.17) is 10.8 Å². The summed E-state index contributed by atoms with van der Waals surface area (Å²) < 4.78 is 0. The van der Waals surface area contributed by atoms with Gasteiger partial charge in [-0.2, -0.15) is 0 Å². The molecule has 4 nitrogen and oxygen atoms in total. The van der Waals surface area contributed by atoms with E-state index in [9.17, 15) is 5.11 Å². The predicted molar refractivity (Wildman–Crippen MR) is 46.4 cm³/mol. The third-order valence-electron chi connectivity index (χ3n) is 2.19. The number of hydrogen-bond acceptors (Lipinski definition) is 4. The second-order valence-corrected chi connectivity index (χ2v) is 3.11. The highest BCUT2D eigenvalue weighted by Gasteiger charge is 2.28. The minimum absolute atomic E-state index is 0.0937. The van der Waals surface area contributed by atoms with Gasteiger partial charge in [-0.25, -0.2) is 0 Å². The van der Waals surface area contributed by atoms with E-state index in [-0.39, 0.29) is 18.8 Å². The van der Waals surface area contributed by atoms with Crippen LogP contribution in [0.15, 0.2) is 12.3 Å². The Bertz CT molecular complexity index is 161. The van der Waals surface area contributed by atoms with E-state index in [1.54, 1.807) is 0 Å². The first-order valence-corrected chi connectivity index (χ1v) is 4.17. The molecule has 0 unspecified atom stereocenters. The Morgan fingerprint density at radius 3 is 2.92 bits per heavy atom. The maximum absolute atomic E-state index is 9.29. The average Bonchev–Trinajstić information content (AvgIpc) is 2.42. The van der Waals surface area contributed by atoms with Gasteiger partial charge in [-0.1, -0.05) is 6.08 Å². The molecule has 0 aromatic rings. The Labute approximate surface area is 72.3 Å². The zero-order chi connectivity index (χ0) is 8.97. The van der Waals surface area contributed by atoms with Gasteiger partial charge in [-0.3, -0.25) is 4.90 Å². The molecule has 0 amide bonds. The molecule has 1 fully saturated rings. The van der Waals surface area contributed by atoms with Gasteiger partial charge in [0.2, 0.25) is 0 Å². The molecule has 4 N–H and O–H groups in total. The number of hydrogen-bond donors (Lipinski definition) is 3. The summed E-state index contributed by atoms with van der Waals surface area (Å²) in [7, 11) is 0. The fourth-order valence-corrected chi connectivity index (χ4v) is 1.57. The number of nitrogens with two attached hydrogens (primary N) is 1. The van der Waals surface area contributed by atoms with Crippen molar-refractivity contribution in [2.24, 2.45) is 5.73 Å². The Kier molecular flexibility index (Phi) is 3.52. The summed E-state index contributed by atoms with van der Waals surface area (Å²) >= 11 is 0. The molecule has 12 heavy (non-hydrogen) atoms. The highest BCUT2D eigenvalue weighted by atomic mass is 16.3. The zero-order valence-electron chi connectivity index (χ0n) is 7.06. The molecule has 1 aliphatic rings. The van der Waals surface area contributed by atoms with Gasteiger partial charge in [0.15, 0.2) is 0 Å². The van der Waals surface area contributed by atoms with Crippen LogP contribution in [0.5, 0.6) is 0 Å². The number of β-amino-alcohol motifs (C(OH)–C–C–N with tert-alkyl or cyclic N) is 1. The second kappa shape index (κ2) is 4.45. The molecule has 4 heteroatoms. The first kappa shape index (κ1) is 9.51. The molecule has 0 aromatic heterocycles. The summed E-state index contributed by atoms with van der Waals surface area (Å²) in [5, 5.41) is 18.2. The zero-order valence-corrected chi connectivity index (χ0v) is 7.06. The van der Waals surface area contributed by atoms with Crippen LogP contribution in [0.2, 0.25) is 0 Å². The van der Waals surface area contributed by atoms with Crippen LogP contribution in [0.3, 0.4) is 0 Å². The SMILES string of the molecule is NC=CCN1C[C@H](O)C[C@H]1CO. The lowest BCUT2D eigenvalue weighted by atomic mass is 10.2. The average molecular weight is 172 g/mol. The third kappa shape index (κ3) is 2.20. The maximum atomic E-state index is 9.29. The van der Waals surface area contributed by atoms with E-state index in [1.807, 2.05) is 11.0 Å². The summed E-state index contributed by atoms with van der Waals surface area (Å²) in [5.74, 6) is 0. The van der Waals surface area contributed by atoms with Gasteiger partial charge in [-0.05, 0) is 12.6 Å². The van der Waals surface area contributed by atoms with Crippen molar-refractivity contribution in [2.75, 3.05) is 19.7 Å². The molecule has 1 heterocycles. The summed E-state index contributed by atoms with van der Waals surface area (Å²) in [4.78, 5) is 2.02. The highest BCUT2D eigenvalue weighted by Crippen LogP contribution is 2.16. The van der Waals surface area contributed by atoms with Crippen LogP contribution in [-0.4, -0.2) is 47.0 Å². The lowest BCUT2D eigenvalue weighted by molar-refractivity contribution is 0.167. The van der Waals surface area contributed by atoms with E-state index in [0.29, 0.717) is 19.5 Å². The van der Waals surface area contributed by atoms with Crippen LogP contribution < -0.4 is 5.73 Å². The summed E-state index contributed by atoms with van der Waals surface area (Å²) in [5.41, 5.74) is 5.20. The fourth-order valence-electron chi connectivity index (χ4n) is 1.57. The largest absolute Gasteiger partial charge is 0.405 e.